The second-order valence-electron chi connectivity index (χ2n) is 7.20. The summed E-state index contributed by atoms with van der Waals surface area (Å²) in [5, 5.41) is 16.9. The summed E-state index contributed by atoms with van der Waals surface area (Å²) >= 11 is 6.23. The Labute approximate surface area is 160 Å². The number of fused-ring (bicyclic) bond motifs is 1. The number of H-pyrrole nitrogens is 1. The van der Waals surface area contributed by atoms with E-state index >= 15 is 0 Å². The number of amides is 1. The molecule has 3 rings (SSSR count). The van der Waals surface area contributed by atoms with E-state index in [-0.39, 0.29) is 21.8 Å². The Bertz CT molecular complexity index is 1050. The van der Waals surface area contributed by atoms with E-state index in [4.69, 9.17) is 11.6 Å². The van der Waals surface area contributed by atoms with E-state index in [0.717, 1.165) is 0 Å². The molecule has 0 fully saturated rings. The average molecular weight is 390 g/mol. The summed E-state index contributed by atoms with van der Waals surface area (Å²) in [6, 6.07) is 4.30. The maximum Gasteiger partial charge on any atom is 0.408 e. The zero-order chi connectivity index (χ0) is 19.9. The van der Waals surface area contributed by atoms with Crippen LogP contribution in [0.5, 0.6) is 0 Å². The van der Waals surface area contributed by atoms with Crippen LogP contribution in [0.1, 0.15) is 39.6 Å². The number of nitrogens with zero attached hydrogens (tertiary/aromatic N) is 4. The van der Waals surface area contributed by atoms with E-state index in [2.05, 4.69) is 15.2 Å². The molecule has 0 aliphatic rings. The molecule has 0 saturated carbocycles. The highest BCUT2D eigenvalue weighted by molar-refractivity contribution is 6.35. The molecule has 2 aromatic heterocycles. The lowest BCUT2D eigenvalue weighted by Crippen LogP contribution is -2.47. The number of carboxylic acid groups (broad SMARTS) is 1. The van der Waals surface area contributed by atoms with Gasteiger partial charge in [-0.25, -0.2) is 9.78 Å². The van der Waals surface area contributed by atoms with Crippen LogP contribution in [-0.4, -0.2) is 41.4 Å². The number of nitrogens with one attached hydrogen (secondary N) is 1. The number of aromatic amines is 1. The fourth-order valence-electron chi connectivity index (χ4n) is 3.25. The van der Waals surface area contributed by atoms with E-state index in [0.29, 0.717) is 11.2 Å². The van der Waals surface area contributed by atoms with Gasteiger partial charge < -0.3 is 5.11 Å². The molecule has 2 heterocycles. The summed E-state index contributed by atoms with van der Waals surface area (Å²) in [6.07, 6.45) is 1.92. The molecule has 1 atom stereocenters. The van der Waals surface area contributed by atoms with Crippen molar-refractivity contribution in [3.63, 3.8) is 0 Å². The smallest absolute Gasteiger partial charge is 0.408 e. The van der Waals surface area contributed by atoms with E-state index < -0.39 is 17.7 Å². The Kier molecular flexibility index (Phi) is 4.69. The van der Waals surface area contributed by atoms with Crippen molar-refractivity contribution in [2.45, 2.75) is 39.3 Å². The van der Waals surface area contributed by atoms with Crippen LogP contribution in [0.25, 0.3) is 16.6 Å². The fourth-order valence-corrected chi connectivity index (χ4v) is 3.50. The number of benzene rings is 1. The molecule has 3 aromatic rings. The first-order valence-corrected chi connectivity index (χ1v) is 8.73. The Balaban J connectivity index is 2.37. The standard InChI is InChI=1S/C18H20ClN5O3/c1-10(24(17(26)27)18(2,3)4)15-22-13-7-5-6-12(19)14(13)16(25)23(15)11-8-20-21-9-11/h5-10H,1-4H3,(H,20,21)(H,26,27)/t10-/m0/s1. The summed E-state index contributed by atoms with van der Waals surface area (Å²) in [6.45, 7) is 7.07. The van der Waals surface area contributed by atoms with Crippen molar-refractivity contribution in [2.75, 3.05) is 0 Å². The Morgan fingerprint density at radius 2 is 2.07 bits per heavy atom. The molecule has 1 aromatic carbocycles. The number of halogens is 1. The van der Waals surface area contributed by atoms with Crippen molar-refractivity contribution < 1.29 is 9.90 Å². The van der Waals surface area contributed by atoms with Crippen LogP contribution < -0.4 is 5.56 Å². The Morgan fingerprint density at radius 3 is 2.63 bits per heavy atom. The first-order chi connectivity index (χ1) is 12.6. The molecular weight excluding hydrogens is 370 g/mol. The predicted molar refractivity (Wildman–Crippen MR) is 103 cm³/mol. The molecule has 0 unspecified atom stereocenters. The van der Waals surface area contributed by atoms with Crippen molar-refractivity contribution in [2.24, 2.45) is 0 Å². The molecule has 27 heavy (non-hydrogen) atoms. The summed E-state index contributed by atoms with van der Waals surface area (Å²) in [5.41, 5.74) is -0.218. The lowest BCUT2D eigenvalue weighted by molar-refractivity contribution is 0.0719. The average Bonchev–Trinajstić information content (AvgIpc) is 3.06. The monoisotopic (exact) mass is 389 g/mol. The minimum Gasteiger partial charge on any atom is -0.465 e. The summed E-state index contributed by atoms with van der Waals surface area (Å²) < 4.78 is 1.35. The van der Waals surface area contributed by atoms with Crippen molar-refractivity contribution >= 4 is 28.6 Å². The van der Waals surface area contributed by atoms with Gasteiger partial charge in [-0.1, -0.05) is 17.7 Å². The third-order valence-corrected chi connectivity index (χ3v) is 4.62. The van der Waals surface area contributed by atoms with Gasteiger partial charge in [-0.2, -0.15) is 5.10 Å². The highest BCUT2D eigenvalue weighted by Crippen LogP contribution is 2.29. The number of aromatic nitrogens is 4. The largest absolute Gasteiger partial charge is 0.465 e. The van der Waals surface area contributed by atoms with Crippen LogP contribution in [0, 0.1) is 0 Å². The molecule has 0 aliphatic carbocycles. The molecule has 0 radical (unpaired) electrons. The van der Waals surface area contributed by atoms with E-state index in [9.17, 15) is 14.7 Å². The SMILES string of the molecule is C[C@@H](c1nc2cccc(Cl)c2c(=O)n1-c1cn[nH]c1)N(C(=O)O)C(C)(C)C. The quantitative estimate of drug-likeness (QED) is 0.712. The first kappa shape index (κ1) is 18.9. The van der Waals surface area contributed by atoms with Crippen LogP contribution >= 0.6 is 11.6 Å². The van der Waals surface area contributed by atoms with Gasteiger partial charge in [0.15, 0.2) is 0 Å². The highest BCUT2D eigenvalue weighted by Gasteiger charge is 2.34. The van der Waals surface area contributed by atoms with Crippen LogP contribution in [-0.2, 0) is 0 Å². The molecule has 8 nitrogen and oxygen atoms in total. The molecule has 1 amide bonds. The lowest BCUT2D eigenvalue weighted by atomic mass is 10.0. The van der Waals surface area contributed by atoms with Crippen molar-refractivity contribution in [3.8, 4) is 5.69 Å². The first-order valence-electron chi connectivity index (χ1n) is 8.35. The van der Waals surface area contributed by atoms with Gasteiger partial charge in [0, 0.05) is 11.7 Å². The van der Waals surface area contributed by atoms with Crippen molar-refractivity contribution in [1.82, 2.24) is 24.6 Å². The fraction of sp³-hybridized carbons (Fsp3) is 0.333. The Hall–Kier alpha value is -2.87. The third kappa shape index (κ3) is 3.28. The van der Waals surface area contributed by atoms with Gasteiger partial charge in [-0.15, -0.1) is 0 Å². The minimum atomic E-state index is -1.10. The van der Waals surface area contributed by atoms with Gasteiger partial charge in [0.05, 0.1) is 33.9 Å². The number of hydrogen-bond acceptors (Lipinski definition) is 4. The van der Waals surface area contributed by atoms with Gasteiger partial charge in [-0.05, 0) is 39.8 Å². The molecule has 0 aliphatic heterocycles. The van der Waals surface area contributed by atoms with Crippen LogP contribution in [0.4, 0.5) is 4.79 Å². The number of hydrogen-bond donors (Lipinski definition) is 2. The van der Waals surface area contributed by atoms with Gasteiger partial charge in [0.1, 0.15) is 5.82 Å². The topological polar surface area (TPSA) is 104 Å². The van der Waals surface area contributed by atoms with E-state index in [1.165, 1.54) is 15.7 Å². The highest BCUT2D eigenvalue weighted by atomic mass is 35.5. The summed E-state index contributed by atoms with van der Waals surface area (Å²) in [7, 11) is 0. The molecule has 142 valence electrons. The number of rotatable bonds is 3. The normalized spacial score (nSPS) is 12.9. The molecule has 0 spiro atoms. The van der Waals surface area contributed by atoms with Gasteiger partial charge in [-0.3, -0.25) is 19.4 Å². The van der Waals surface area contributed by atoms with Crippen LogP contribution in [0.15, 0.2) is 35.4 Å². The molecule has 2 N–H and O–H groups in total. The number of carbonyl (C=O) groups is 1. The molecule has 0 bridgehead atoms. The van der Waals surface area contributed by atoms with Crippen LogP contribution in [0.3, 0.4) is 0 Å². The molecule has 0 saturated heterocycles. The van der Waals surface area contributed by atoms with Crippen LogP contribution in [0.2, 0.25) is 5.02 Å². The third-order valence-electron chi connectivity index (χ3n) is 4.30. The predicted octanol–water partition coefficient (Wildman–Crippen LogP) is 3.60. The maximum absolute atomic E-state index is 13.2. The van der Waals surface area contributed by atoms with Gasteiger partial charge in [0.2, 0.25) is 0 Å². The second kappa shape index (κ2) is 6.70. The van der Waals surface area contributed by atoms with Crippen molar-refractivity contribution in [3.05, 3.63) is 51.8 Å². The van der Waals surface area contributed by atoms with E-state index in [1.54, 1.807) is 52.1 Å². The molecular formula is C18H20ClN5O3. The molecule has 9 heteroatoms. The summed E-state index contributed by atoms with van der Waals surface area (Å²) in [4.78, 5) is 31.0. The van der Waals surface area contributed by atoms with Gasteiger partial charge in [0.25, 0.3) is 5.56 Å². The minimum absolute atomic E-state index is 0.272. The van der Waals surface area contributed by atoms with Gasteiger partial charge >= 0.3 is 6.09 Å². The van der Waals surface area contributed by atoms with Crippen molar-refractivity contribution in [1.29, 1.82) is 0 Å². The van der Waals surface area contributed by atoms with E-state index in [1.807, 2.05) is 0 Å². The lowest BCUT2D eigenvalue weighted by Gasteiger charge is -2.38. The second-order valence-corrected chi connectivity index (χ2v) is 7.61. The maximum atomic E-state index is 13.2. The Morgan fingerprint density at radius 1 is 1.37 bits per heavy atom. The zero-order valence-corrected chi connectivity index (χ0v) is 16.2. The summed E-state index contributed by atoms with van der Waals surface area (Å²) in [5.74, 6) is 0.286. The zero-order valence-electron chi connectivity index (χ0n) is 15.4.